The van der Waals surface area contributed by atoms with E-state index < -0.39 is 23.9 Å². The van der Waals surface area contributed by atoms with Crippen molar-refractivity contribution in [1.29, 1.82) is 0 Å². The number of nitrogens with zero attached hydrogens (tertiary/aromatic N) is 2. The molecule has 1 aliphatic heterocycles. The number of fused-ring (bicyclic) bond motifs is 1. The van der Waals surface area contributed by atoms with Gasteiger partial charge in [0.15, 0.2) is 6.04 Å². The zero-order valence-electron chi connectivity index (χ0n) is 19.3. The molecule has 0 bridgehead atoms. The number of urea groups is 1. The summed E-state index contributed by atoms with van der Waals surface area (Å²) in [5, 5.41) is 5.33. The van der Waals surface area contributed by atoms with Crippen LogP contribution in [0.25, 0.3) is 0 Å². The van der Waals surface area contributed by atoms with E-state index in [0.717, 1.165) is 6.42 Å². The first-order valence-corrected chi connectivity index (χ1v) is 11.4. The lowest BCUT2D eigenvalue weighted by Crippen LogP contribution is -2.55. The van der Waals surface area contributed by atoms with Gasteiger partial charge in [0, 0.05) is 17.9 Å². The SMILES string of the molecule is CC(C)CCN1C(=O)[C@H](NC(=O)Nc2ccccc2)C(=O)N(c2ccccc2)c2ccccc21. The van der Waals surface area contributed by atoms with Crippen LogP contribution in [-0.4, -0.2) is 30.4 Å². The Morgan fingerprint density at radius 3 is 2.06 bits per heavy atom. The molecule has 0 unspecified atom stereocenters. The van der Waals surface area contributed by atoms with E-state index in [0.29, 0.717) is 35.2 Å². The largest absolute Gasteiger partial charge is 0.320 e. The zero-order chi connectivity index (χ0) is 24.1. The summed E-state index contributed by atoms with van der Waals surface area (Å²) in [5.74, 6) is -0.615. The first-order chi connectivity index (χ1) is 16.5. The highest BCUT2D eigenvalue weighted by molar-refractivity contribution is 6.24. The molecule has 4 rings (SSSR count). The molecule has 0 saturated heterocycles. The van der Waals surface area contributed by atoms with Crippen molar-refractivity contribution in [2.45, 2.75) is 26.3 Å². The van der Waals surface area contributed by atoms with Crippen molar-refractivity contribution < 1.29 is 14.4 Å². The second-order valence-corrected chi connectivity index (χ2v) is 8.57. The summed E-state index contributed by atoms with van der Waals surface area (Å²) in [6.45, 7) is 4.60. The molecule has 0 fully saturated rings. The molecule has 3 aromatic carbocycles. The van der Waals surface area contributed by atoms with E-state index in [1.165, 1.54) is 4.90 Å². The molecular formula is C27H28N4O3. The third-order valence-electron chi connectivity index (χ3n) is 5.65. The van der Waals surface area contributed by atoms with E-state index in [1.807, 2.05) is 60.7 Å². The lowest BCUT2D eigenvalue weighted by molar-refractivity contribution is -0.128. The average Bonchev–Trinajstić information content (AvgIpc) is 2.92. The molecule has 34 heavy (non-hydrogen) atoms. The predicted molar refractivity (Wildman–Crippen MR) is 134 cm³/mol. The van der Waals surface area contributed by atoms with Gasteiger partial charge >= 0.3 is 6.03 Å². The van der Waals surface area contributed by atoms with Gasteiger partial charge in [-0.1, -0.05) is 62.4 Å². The molecular weight excluding hydrogens is 428 g/mol. The normalized spacial score (nSPS) is 15.7. The highest BCUT2D eigenvalue weighted by atomic mass is 16.2. The molecule has 0 radical (unpaired) electrons. The third kappa shape index (κ3) is 4.93. The maximum atomic E-state index is 13.8. The Balaban J connectivity index is 1.74. The molecule has 7 nitrogen and oxygen atoms in total. The molecule has 0 aliphatic carbocycles. The number of hydrogen-bond acceptors (Lipinski definition) is 3. The molecule has 4 amide bonds. The molecule has 1 aliphatic rings. The number of hydrogen-bond donors (Lipinski definition) is 2. The molecule has 0 saturated carbocycles. The molecule has 7 heteroatoms. The van der Waals surface area contributed by atoms with Gasteiger partial charge in [0.05, 0.1) is 11.4 Å². The minimum atomic E-state index is -1.39. The number of amides is 4. The van der Waals surface area contributed by atoms with Crippen molar-refractivity contribution >= 4 is 40.6 Å². The summed E-state index contributed by atoms with van der Waals surface area (Å²) in [6.07, 6.45) is 0.753. The first-order valence-electron chi connectivity index (χ1n) is 11.4. The van der Waals surface area contributed by atoms with Gasteiger partial charge in [0.25, 0.3) is 11.8 Å². The smallest absolute Gasteiger partial charge is 0.318 e. The van der Waals surface area contributed by atoms with Crippen LogP contribution in [0.1, 0.15) is 20.3 Å². The van der Waals surface area contributed by atoms with Gasteiger partial charge in [0.2, 0.25) is 0 Å². The van der Waals surface area contributed by atoms with Gasteiger partial charge in [0.1, 0.15) is 0 Å². The number of anilines is 4. The van der Waals surface area contributed by atoms with Crippen LogP contribution in [0.15, 0.2) is 84.9 Å². The Kier molecular flexibility index (Phi) is 6.92. The van der Waals surface area contributed by atoms with Crippen LogP contribution in [-0.2, 0) is 9.59 Å². The monoisotopic (exact) mass is 456 g/mol. The first kappa shape index (κ1) is 23.0. The summed E-state index contributed by atoms with van der Waals surface area (Å²) < 4.78 is 0. The zero-order valence-corrected chi connectivity index (χ0v) is 19.3. The standard InChI is InChI=1S/C27H28N4O3/c1-19(2)17-18-30-22-15-9-10-16-23(22)31(21-13-7-4-8-14-21)26(33)24(25(30)32)29-27(34)28-20-11-5-3-6-12-20/h3-16,19,24H,17-18H2,1-2H3,(H2,28,29,34)/t24-/m0/s1. The van der Waals surface area contributed by atoms with E-state index in [4.69, 9.17) is 0 Å². The number of carbonyl (C=O) groups is 3. The van der Waals surface area contributed by atoms with E-state index in [2.05, 4.69) is 24.5 Å². The van der Waals surface area contributed by atoms with E-state index in [-0.39, 0.29) is 0 Å². The predicted octanol–water partition coefficient (Wildman–Crippen LogP) is 4.93. The highest BCUT2D eigenvalue weighted by Gasteiger charge is 2.41. The van der Waals surface area contributed by atoms with E-state index >= 15 is 0 Å². The maximum absolute atomic E-state index is 13.8. The fourth-order valence-corrected chi connectivity index (χ4v) is 3.91. The van der Waals surface area contributed by atoms with Crippen molar-refractivity contribution in [2.24, 2.45) is 5.92 Å². The Bertz CT molecular complexity index is 1160. The Hall–Kier alpha value is -4.13. The van der Waals surface area contributed by atoms with Crippen LogP contribution >= 0.6 is 0 Å². The van der Waals surface area contributed by atoms with Crippen LogP contribution in [0.3, 0.4) is 0 Å². The fraction of sp³-hybridized carbons (Fsp3) is 0.222. The lowest BCUT2D eigenvalue weighted by atomic mass is 10.1. The summed E-state index contributed by atoms with van der Waals surface area (Å²) in [7, 11) is 0. The molecule has 3 aromatic rings. The second kappa shape index (κ2) is 10.2. The highest BCUT2D eigenvalue weighted by Crippen LogP contribution is 2.38. The number of benzene rings is 3. The van der Waals surface area contributed by atoms with Crippen LogP contribution in [0.4, 0.5) is 27.5 Å². The van der Waals surface area contributed by atoms with Crippen molar-refractivity contribution in [3.8, 4) is 0 Å². The number of carbonyl (C=O) groups excluding carboxylic acids is 3. The van der Waals surface area contributed by atoms with Gasteiger partial charge in [-0.15, -0.1) is 0 Å². The van der Waals surface area contributed by atoms with Crippen molar-refractivity contribution in [3.63, 3.8) is 0 Å². The van der Waals surface area contributed by atoms with Crippen molar-refractivity contribution in [1.82, 2.24) is 5.32 Å². The van der Waals surface area contributed by atoms with Crippen LogP contribution in [0.2, 0.25) is 0 Å². The average molecular weight is 457 g/mol. The number of para-hydroxylation sites is 4. The van der Waals surface area contributed by atoms with Crippen molar-refractivity contribution in [2.75, 3.05) is 21.7 Å². The van der Waals surface area contributed by atoms with Crippen LogP contribution < -0.4 is 20.4 Å². The van der Waals surface area contributed by atoms with Crippen LogP contribution in [0, 0.1) is 5.92 Å². The van der Waals surface area contributed by atoms with Gasteiger partial charge in [-0.25, -0.2) is 4.79 Å². The Morgan fingerprint density at radius 1 is 0.824 bits per heavy atom. The van der Waals surface area contributed by atoms with Gasteiger partial charge < -0.3 is 15.5 Å². The quantitative estimate of drug-likeness (QED) is 0.516. The Morgan fingerprint density at radius 2 is 1.41 bits per heavy atom. The number of rotatable bonds is 6. The minimum Gasteiger partial charge on any atom is -0.318 e. The maximum Gasteiger partial charge on any atom is 0.320 e. The molecule has 174 valence electrons. The summed E-state index contributed by atoms with van der Waals surface area (Å²) in [5.41, 5.74) is 2.42. The summed E-state index contributed by atoms with van der Waals surface area (Å²) in [6, 6.07) is 23.4. The minimum absolute atomic E-state index is 0.358. The van der Waals surface area contributed by atoms with Crippen molar-refractivity contribution in [3.05, 3.63) is 84.9 Å². The topological polar surface area (TPSA) is 81.8 Å². The third-order valence-corrected chi connectivity index (χ3v) is 5.65. The molecule has 1 heterocycles. The number of nitrogens with one attached hydrogen (secondary N) is 2. The fourth-order valence-electron chi connectivity index (χ4n) is 3.91. The van der Waals surface area contributed by atoms with Crippen LogP contribution in [0.5, 0.6) is 0 Å². The summed E-state index contributed by atoms with van der Waals surface area (Å²) in [4.78, 5) is 43.5. The molecule has 0 aromatic heterocycles. The molecule has 1 atom stereocenters. The molecule has 2 N–H and O–H groups in total. The molecule has 0 spiro atoms. The van der Waals surface area contributed by atoms with Gasteiger partial charge in [-0.2, -0.15) is 0 Å². The lowest BCUT2D eigenvalue weighted by Gasteiger charge is -2.26. The van der Waals surface area contributed by atoms with E-state index in [9.17, 15) is 14.4 Å². The van der Waals surface area contributed by atoms with E-state index in [1.54, 1.807) is 29.2 Å². The summed E-state index contributed by atoms with van der Waals surface area (Å²) >= 11 is 0. The van der Waals surface area contributed by atoms with Gasteiger partial charge in [-0.05, 0) is 48.7 Å². The second-order valence-electron chi connectivity index (χ2n) is 8.57. The van der Waals surface area contributed by atoms with Gasteiger partial charge in [-0.3, -0.25) is 14.5 Å². The Labute approximate surface area is 199 Å².